The molecule has 1 N–H and O–H groups in total. The number of methoxy groups -OCH3 is 1. The Kier molecular flexibility index (Phi) is 8.07. The van der Waals surface area contributed by atoms with Gasteiger partial charge in [0.2, 0.25) is 5.91 Å². The van der Waals surface area contributed by atoms with Gasteiger partial charge in [-0.25, -0.2) is 4.98 Å². The number of ether oxygens (including phenoxy) is 1. The Labute approximate surface area is 196 Å². The molecule has 1 aromatic heterocycles. The minimum absolute atomic E-state index is 0.0390. The number of likely N-dealkylation sites (N-methyl/N-ethyl adjacent to an activating group) is 1. The average molecular weight is 485 g/mol. The van der Waals surface area contributed by atoms with Gasteiger partial charge >= 0.3 is 6.18 Å². The third-order valence-electron chi connectivity index (χ3n) is 5.91. The van der Waals surface area contributed by atoms with Crippen LogP contribution in [0.1, 0.15) is 30.0 Å². The minimum atomic E-state index is -4.49. The van der Waals surface area contributed by atoms with Crippen LogP contribution in [0, 0.1) is 5.92 Å². The van der Waals surface area contributed by atoms with Crippen molar-refractivity contribution in [3.8, 4) is 5.75 Å². The molecule has 0 bridgehead atoms. The van der Waals surface area contributed by atoms with Crippen molar-refractivity contribution in [3.63, 3.8) is 0 Å². The zero-order valence-corrected chi connectivity index (χ0v) is 19.6. The maximum absolute atomic E-state index is 12.8. The van der Waals surface area contributed by atoms with E-state index in [0.717, 1.165) is 23.6 Å². The number of halogens is 4. The molecule has 1 fully saturated rings. The van der Waals surface area contributed by atoms with Crippen molar-refractivity contribution in [2.75, 3.05) is 45.7 Å². The number of para-hydroxylation sites is 1. The van der Waals surface area contributed by atoms with Crippen molar-refractivity contribution in [2.24, 2.45) is 5.92 Å². The van der Waals surface area contributed by atoms with Gasteiger partial charge in [0.05, 0.1) is 23.7 Å². The molecule has 2 aromatic rings. The number of rotatable bonds is 7. The number of carbonyl (C=O) groups excluding carboxylic acids is 1. The van der Waals surface area contributed by atoms with E-state index in [1.807, 2.05) is 48.2 Å². The fourth-order valence-electron chi connectivity index (χ4n) is 4.03. The number of anilines is 1. The van der Waals surface area contributed by atoms with Crippen LogP contribution < -0.4 is 15.0 Å². The fourth-order valence-corrected chi connectivity index (χ4v) is 4.31. The number of pyridine rings is 1. The van der Waals surface area contributed by atoms with Gasteiger partial charge in [-0.15, -0.1) is 0 Å². The monoisotopic (exact) mass is 484 g/mol. The third kappa shape index (κ3) is 6.09. The molecular weight excluding hydrogens is 457 g/mol. The summed E-state index contributed by atoms with van der Waals surface area (Å²) in [5.74, 6) is 0.852. The Morgan fingerprint density at radius 2 is 1.97 bits per heavy atom. The van der Waals surface area contributed by atoms with Crippen LogP contribution in [0.4, 0.5) is 19.0 Å². The number of nitrogens with one attached hydrogen (secondary N) is 1. The standard InChI is InChI=1S/C23H28ClF3N4O2/c1-30(2)19(17-6-4-5-7-20(17)33-3)14-29-22(32)15-8-10-31(11-9-15)21-18(24)12-16(13-28-21)23(25,26)27/h4-7,12-13,15,19H,8-11,14H2,1-3H3,(H,29,32)/t19-/m1/s1. The third-order valence-corrected chi connectivity index (χ3v) is 6.18. The van der Waals surface area contributed by atoms with Gasteiger partial charge in [-0.1, -0.05) is 29.8 Å². The molecule has 0 aliphatic carbocycles. The zero-order chi connectivity index (χ0) is 24.2. The van der Waals surface area contributed by atoms with Gasteiger partial charge in [0.1, 0.15) is 11.6 Å². The van der Waals surface area contributed by atoms with Gasteiger partial charge < -0.3 is 19.9 Å². The number of carbonyl (C=O) groups is 1. The molecule has 10 heteroatoms. The van der Waals surface area contributed by atoms with Crippen molar-refractivity contribution in [3.05, 3.63) is 52.7 Å². The SMILES string of the molecule is COc1ccccc1[C@@H](CNC(=O)C1CCN(c2ncc(C(F)(F)F)cc2Cl)CC1)N(C)C. The van der Waals surface area contributed by atoms with E-state index < -0.39 is 11.7 Å². The van der Waals surface area contributed by atoms with Gasteiger partial charge in [-0.3, -0.25) is 4.79 Å². The molecule has 3 rings (SSSR count). The number of benzene rings is 1. The molecule has 1 saturated heterocycles. The first-order chi connectivity index (χ1) is 15.6. The summed E-state index contributed by atoms with van der Waals surface area (Å²) in [5, 5.41) is 3.01. The lowest BCUT2D eigenvalue weighted by Crippen LogP contribution is -2.43. The molecule has 0 saturated carbocycles. The summed E-state index contributed by atoms with van der Waals surface area (Å²) in [4.78, 5) is 20.6. The summed E-state index contributed by atoms with van der Waals surface area (Å²) >= 11 is 6.07. The first kappa shape index (κ1) is 25.1. The molecule has 33 heavy (non-hydrogen) atoms. The molecule has 1 aromatic carbocycles. The lowest BCUT2D eigenvalue weighted by Gasteiger charge is -2.33. The number of hydrogen-bond donors (Lipinski definition) is 1. The Hall–Kier alpha value is -2.52. The van der Waals surface area contributed by atoms with E-state index in [0.29, 0.717) is 38.3 Å². The van der Waals surface area contributed by atoms with Gasteiger partial charge in [0.15, 0.2) is 0 Å². The Morgan fingerprint density at radius 3 is 2.55 bits per heavy atom. The summed E-state index contributed by atoms with van der Waals surface area (Å²) in [7, 11) is 5.51. The first-order valence-electron chi connectivity index (χ1n) is 10.7. The van der Waals surface area contributed by atoms with Crippen LogP contribution in [0.3, 0.4) is 0 Å². The smallest absolute Gasteiger partial charge is 0.417 e. The summed E-state index contributed by atoms with van der Waals surface area (Å²) in [6.45, 7) is 1.40. The molecule has 0 radical (unpaired) electrons. The topological polar surface area (TPSA) is 57.7 Å². The molecule has 180 valence electrons. The molecule has 1 aliphatic rings. The van der Waals surface area contributed by atoms with Crippen molar-refractivity contribution in [1.29, 1.82) is 0 Å². The molecular formula is C23H28ClF3N4O2. The summed E-state index contributed by atoms with van der Waals surface area (Å²) in [6, 6.07) is 8.55. The average Bonchev–Trinajstić information content (AvgIpc) is 2.78. The highest BCUT2D eigenvalue weighted by atomic mass is 35.5. The first-order valence-corrected chi connectivity index (χ1v) is 11.0. The molecule has 1 atom stereocenters. The second-order valence-corrected chi connectivity index (χ2v) is 8.66. The van der Waals surface area contributed by atoms with Crippen molar-refractivity contribution in [2.45, 2.75) is 25.1 Å². The highest BCUT2D eigenvalue weighted by Crippen LogP contribution is 2.35. The van der Waals surface area contributed by atoms with E-state index in [2.05, 4.69) is 10.3 Å². The van der Waals surface area contributed by atoms with Crippen LogP contribution in [0.15, 0.2) is 36.5 Å². The second kappa shape index (κ2) is 10.6. The quantitative estimate of drug-likeness (QED) is 0.631. The summed E-state index contributed by atoms with van der Waals surface area (Å²) in [5.41, 5.74) is 0.110. The van der Waals surface area contributed by atoms with Crippen molar-refractivity contribution >= 4 is 23.3 Å². The fraction of sp³-hybridized carbons (Fsp3) is 0.478. The van der Waals surface area contributed by atoms with Crippen LogP contribution >= 0.6 is 11.6 Å². The molecule has 1 amide bonds. The molecule has 0 spiro atoms. The number of hydrogen-bond acceptors (Lipinski definition) is 5. The lowest BCUT2D eigenvalue weighted by atomic mass is 9.95. The minimum Gasteiger partial charge on any atom is -0.496 e. The highest BCUT2D eigenvalue weighted by Gasteiger charge is 2.33. The molecule has 1 aliphatic heterocycles. The van der Waals surface area contributed by atoms with E-state index in [4.69, 9.17) is 16.3 Å². The van der Waals surface area contributed by atoms with Gasteiger partial charge in [-0.05, 0) is 39.1 Å². The zero-order valence-electron chi connectivity index (χ0n) is 18.8. The molecule has 2 heterocycles. The summed E-state index contributed by atoms with van der Waals surface area (Å²) < 4.78 is 44.0. The predicted octanol–water partition coefficient (Wildman–Crippen LogP) is 4.40. The van der Waals surface area contributed by atoms with E-state index in [1.54, 1.807) is 7.11 Å². The van der Waals surface area contributed by atoms with Crippen LogP contribution in [0.2, 0.25) is 5.02 Å². The molecule has 6 nitrogen and oxygen atoms in total. The molecule has 0 unspecified atom stereocenters. The Balaban J connectivity index is 1.58. The van der Waals surface area contributed by atoms with Crippen LogP contribution in [0.5, 0.6) is 5.75 Å². The number of alkyl halides is 3. The number of amides is 1. The van der Waals surface area contributed by atoms with E-state index in [1.165, 1.54) is 0 Å². The number of nitrogens with zero attached hydrogens (tertiary/aromatic N) is 3. The second-order valence-electron chi connectivity index (χ2n) is 8.26. The van der Waals surface area contributed by atoms with Crippen molar-refractivity contribution < 1.29 is 22.7 Å². The van der Waals surface area contributed by atoms with E-state index in [-0.39, 0.29) is 22.9 Å². The Bertz CT molecular complexity index is 963. The van der Waals surface area contributed by atoms with Crippen LogP contribution in [-0.2, 0) is 11.0 Å². The number of aromatic nitrogens is 1. The predicted molar refractivity (Wildman–Crippen MR) is 122 cm³/mol. The van der Waals surface area contributed by atoms with Gasteiger partial charge in [-0.2, -0.15) is 13.2 Å². The lowest BCUT2D eigenvalue weighted by molar-refractivity contribution is -0.137. The maximum Gasteiger partial charge on any atom is 0.417 e. The van der Waals surface area contributed by atoms with Crippen LogP contribution in [-0.4, -0.2) is 56.6 Å². The van der Waals surface area contributed by atoms with Crippen LogP contribution in [0.25, 0.3) is 0 Å². The number of piperidine rings is 1. The van der Waals surface area contributed by atoms with E-state index in [9.17, 15) is 18.0 Å². The summed E-state index contributed by atoms with van der Waals surface area (Å²) in [6.07, 6.45) is -2.58. The van der Waals surface area contributed by atoms with Gasteiger partial charge in [0.25, 0.3) is 0 Å². The maximum atomic E-state index is 12.8. The normalized spacial score (nSPS) is 16.1. The highest BCUT2D eigenvalue weighted by molar-refractivity contribution is 6.33. The van der Waals surface area contributed by atoms with E-state index >= 15 is 0 Å². The van der Waals surface area contributed by atoms with Crippen molar-refractivity contribution in [1.82, 2.24) is 15.2 Å². The Morgan fingerprint density at radius 1 is 1.30 bits per heavy atom. The largest absolute Gasteiger partial charge is 0.496 e. The van der Waals surface area contributed by atoms with Gasteiger partial charge in [0, 0.05) is 37.3 Å².